The van der Waals surface area contributed by atoms with Crippen LogP contribution in [0.1, 0.15) is 44.9 Å². The summed E-state index contributed by atoms with van der Waals surface area (Å²) in [6, 6.07) is 6.69. The smallest absolute Gasteiger partial charge is 0.321 e. The first-order valence-corrected chi connectivity index (χ1v) is 10.3. The predicted octanol–water partition coefficient (Wildman–Crippen LogP) is 3.86. The summed E-state index contributed by atoms with van der Waals surface area (Å²) in [5.41, 5.74) is 0.150. The maximum Gasteiger partial charge on any atom is 0.321 e. The van der Waals surface area contributed by atoms with Gasteiger partial charge in [-0.2, -0.15) is 0 Å². The fourth-order valence-corrected chi connectivity index (χ4v) is 4.82. The maximum absolute atomic E-state index is 13.8. The van der Waals surface area contributed by atoms with Crippen LogP contribution >= 0.6 is 0 Å². The third kappa shape index (κ3) is 4.27. The van der Waals surface area contributed by atoms with Crippen molar-refractivity contribution in [3.05, 3.63) is 30.1 Å². The summed E-state index contributed by atoms with van der Waals surface area (Å²) in [6.45, 7) is 4.58. The number of likely N-dealkylation sites (tertiary alicyclic amines) is 2. The molecule has 0 radical (unpaired) electrons. The normalized spacial score (nSPS) is 26.1. The van der Waals surface area contributed by atoms with Gasteiger partial charge in [0.15, 0.2) is 0 Å². The summed E-state index contributed by atoms with van der Waals surface area (Å²) in [7, 11) is 0. The van der Waals surface area contributed by atoms with Gasteiger partial charge in [-0.15, -0.1) is 0 Å². The van der Waals surface area contributed by atoms with E-state index in [2.05, 4.69) is 10.2 Å². The van der Waals surface area contributed by atoms with Gasteiger partial charge >= 0.3 is 6.03 Å². The Balaban J connectivity index is 1.32. The SMILES string of the molecule is O=C(Nc1ccccc1F)N1CCC2(CC1)CC(N1CCCCC1)CCO2. The zero-order valence-corrected chi connectivity index (χ0v) is 16.0. The molecule has 2 amide bonds. The lowest BCUT2D eigenvalue weighted by Gasteiger charge is -2.49. The van der Waals surface area contributed by atoms with Crippen molar-refractivity contribution in [2.45, 2.75) is 56.6 Å². The fourth-order valence-electron chi connectivity index (χ4n) is 4.82. The minimum atomic E-state index is -0.403. The lowest BCUT2D eigenvalue weighted by atomic mass is 9.81. The average Bonchev–Trinajstić information content (AvgIpc) is 2.71. The fraction of sp³-hybridized carbons (Fsp3) is 0.667. The molecular formula is C21H30FN3O2. The highest BCUT2D eigenvalue weighted by Crippen LogP contribution is 2.37. The van der Waals surface area contributed by atoms with Crippen LogP contribution in [0.15, 0.2) is 24.3 Å². The molecule has 1 unspecified atom stereocenters. The Morgan fingerprint density at radius 1 is 1.11 bits per heavy atom. The molecule has 148 valence electrons. The molecule has 0 bridgehead atoms. The Kier molecular flexibility index (Phi) is 5.64. The Morgan fingerprint density at radius 2 is 1.85 bits per heavy atom. The van der Waals surface area contributed by atoms with Crippen LogP contribution in [0.5, 0.6) is 0 Å². The number of amides is 2. The molecule has 0 saturated carbocycles. The summed E-state index contributed by atoms with van der Waals surface area (Å²) in [6.07, 6.45) is 7.92. The predicted molar refractivity (Wildman–Crippen MR) is 103 cm³/mol. The van der Waals surface area contributed by atoms with Crippen LogP contribution in [-0.4, -0.2) is 60.3 Å². The van der Waals surface area contributed by atoms with Gasteiger partial charge in [0.1, 0.15) is 5.82 Å². The second kappa shape index (κ2) is 8.15. The highest BCUT2D eigenvalue weighted by Gasteiger charge is 2.42. The van der Waals surface area contributed by atoms with Crippen LogP contribution in [0.25, 0.3) is 0 Å². The monoisotopic (exact) mass is 375 g/mol. The third-order valence-corrected chi connectivity index (χ3v) is 6.45. The van der Waals surface area contributed by atoms with Crippen molar-refractivity contribution in [3.8, 4) is 0 Å². The van der Waals surface area contributed by atoms with Crippen LogP contribution in [-0.2, 0) is 4.74 Å². The van der Waals surface area contributed by atoms with E-state index in [-0.39, 0.29) is 17.3 Å². The van der Waals surface area contributed by atoms with Crippen LogP contribution in [0.2, 0.25) is 0 Å². The molecule has 0 aromatic heterocycles. The second-order valence-corrected chi connectivity index (χ2v) is 8.17. The molecule has 3 heterocycles. The molecule has 5 nitrogen and oxygen atoms in total. The lowest BCUT2D eigenvalue weighted by Crippen LogP contribution is -2.55. The number of piperidine rings is 2. The lowest BCUT2D eigenvalue weighted by molar-refractivity contribution is -0.130. The van der Waals surface area contributed by atoms with E-state index in [1.807, 2.05) is 0 Å². The van der Waals surface area contributed by atoms with E-state index in [0.717, 1.165) is 32.3 Å². The number of carbonyl (C=O) groups excluding carboxylic acids is 1. The van der Waals surface area contributed by atoms with Crippen LogP contribution < -0.4 is 5.32 Å². The molecular weight excluding hydrogens is 345 g/mol. The number of nitrogens with zero attached hydrogens (tertiary/aromatic N) is 2. The number of para-hydroxylation sites is 1. The summed E-state index contributed by atoms with van der Waals surface area (Å²) in [5.74, 6) is -0.403. The van der Waals surface area contributed by atoms with Gasteiger partial charge in [0.2, 0.25) is 0 Å². The molecule has 3 saturated heterocycles. The van der Waals surface area contributed by atoms with Gasteiger partial charge in [0.25, 0.3) is 0 Å². The minimum absolute atomic E-state index is 0.0882. The third-order valence-electron chi connectivity index (χ3n) is 6.45. The largest absolute Gasteiger partial charge is 0.375 e. The van der Waals surface area contributed by atoms with Crippen LogP contribution in [0, 0.1) is 5.82 Å². The molecule has 4 rings (SSSR count). The van der Waals surface area contributed by atoms with Crippen molar-refractivity contribution in [2.24, 2.45) is 0 Å². The van der Waals surface area contributed by atoms with Crippen molar-refractivity contribution in [1.82, 2.24) is 9.80 Å². The zero-order valence-electron chi connectivity index (χ0n) is 16.0. The van der Waals surface area contributed by atoms with Crippen LogP contribution in [0.3, 0.4) is 0 Å². The van der Waals surface area contributed by atoms with Gasteiger partial charge < -0.3 is 19.9 Å². The Hall–Kier alpha value is -1.66. The quantitative estimate of drug-likeness (QED) is 0.854. The first-order valence-electron chi connectivity index (χ1n) is 10.3. The first-order chi connectivity index (χ1) is 13.2. The summed E-state index contributed by atoms with van der Waals surface area (Å²) < 4.78 is 20.0. The van der Waals surface area contributed by atoms with Crippen molar-refractivity contribution in [1.29, 1.82) is 0 Å². The number of hydrogen-bond donors (Lipinski definition) is 1. The standard InChI is InChI=1S/C21H30FN3O2/c22-18-6-2-3-7-19(18)23-20(26)25-13-9-21(10-14-25)16-17(8-15-27-21)24-11-4-1-5-12-24/h2-3,6-7,17H,1,4-5,8-16H2,(H,23,26). The van der Waals surface area contributed by atoms with E-state index in [1.165, 1.54) is 38.4 Å². The summed E-state index contributed by atoms with van der Waals surface area (Å²) in [5, 5.41) is 2.69. The number of hydrogen-bond acceptors (Lipinski definition) is 3. The van der Waals surface area contributed by atoms with E-state index < -0.39 is 5.82 Å². The highest BCUT2D eigenvalue weighted by molar-refractivity contribution is 5.89. The molecule has 1 spiro atoms. The topological polar surface area (TPSA) is 44.8 Å². The van der Waals surface area contributed by atoms with Crippen molar-refractivity contribution in [3.63, 3.8) is 0 Å². The van der Waals surface area contributed by atoms with E-state index in [0.29, 0.717) is 19.1 Å². The Morgan fingerprint density at radius 3 is 2.59 bits per heavy atom. The Labute approximate surface area is 160 Å². The second-order valence-electron chi connectivity index (χ2n) is 8.17. The van der Waals surface area contributed by atoms with Crippen molar-refractivity contribution < 1.29 is 13.9 Å². The molecule has 1 aromatic carbocycles. The summed E-state index contributed by atoms with van der Waals surface area (Å²) in [4.78, 5) is 16.9. The summed E-state index contributed by atoms with van der Waals surface area (Å²) >= 11 is 0. The van der Waals surface area contributed by atoms with Gasteiger partial charge in [-0.05, 0) is 63.7 Å². The molecule has 3 fully saturated rings. The molecule has 6 heteroatoms. The van der Waals surface area contributed by atoms with E-state index in [1.54, 1.807) is 23.1 Å². The van der Waals surface area contributed by atoms with Gasteiger partial charge in [-0.25, -0.2) is 9.18 Å². The van der Waals surface area contributed by atoms with Gasteiger partial charge in [0, 0.05) is 25.7 Å². The zero-order chi connectivity index (χ0) is 18.7. The number of halogens is 1. The average molecular weight is 375 g/mol. The molecule has 27 heavy (non-hydrogen) atoms. The molecule has 1 N–H and O–H groups in total. The first kappa shape index (κ1) is 18.7. The van der Waals surface area contributed by atoms with Crippen LogP contribution in [0.4, 0.5) is 14.9 Å². The number of ether oxygens (including phenoxy) is 1. The highest BCUT2D eigenvalue weighted by atomic mass is 19.1. The maximum atomic E-state index is 13.8. The van der Waals surface area contributed by atoms with E-state index in [9.17, 15) is 9.18 Å². The molecule has 3 aliphatic heterocycles. The van der Waals surface area contributed by atoms with Gasteiger partial charge in [-0.3, -0.25) is 0 Å². The number of carbonyl (C=O) groups is 1. The minimum Gasteiger partial charge on any atom is -0.375 e. The van der Waals surface area contributed by atoms with E-state index in [4.69, 9.17) is 4.74 Å². The molecule has 3 aliphatic rings. The number of benzene rings is 1. The van der Waals surface area contributed by atoms with Crippen molar-refractivity contribution >= 4 is 11.7 Å². The molecule has 1 atom stereocenters. The van der Waals surface area contributed by atoms with Gasteiger partial charge in [0.05, 0.1) is 11.3 Å². The number of rotatable bonds is 2. The number of anilines is 1. The van der Waals surface area contributed by atoms with E-state index >= 15 is 0 Å². The van der Waals surface area contributed by atoms with Crippen molar-refractivity contribution in [2.75, 3.05) is 38.1 Å². The number of nitrogens with one attached hydrogen (secondary N) is 1. The molecule has 1 aromatic rings. The van der Waals surface area contributed by atoms with Gasteiger partial charge in [-0.1, -0.05) is 18.6 Å². The molecule has 0 aliphatic carbocycles. The Bertz CT molecular complexity index is 655. The number of urea groups is 1.